The second-order valence-electron chi connectivity index (χ2n) is 8.96. The summed E-state index contributed by atoms with van der Waals surface area (Å²) in [6, 6.07) is 20.9. The van der Waals surface area contributed by atoms with Crippen molar-refractivity contribution >= 4 is 21.6 Å². The summed E-state index contributed by atoms with van der Waals surface area (Å²) in [6.07, 6.45) is 0. The third-order valence-corrected chi connectivity index (χ3v) is 7.78. The maximum Gasteiger partial charge on any atom is 0.262 e. The molecule has 1 amide bonds. The number of carbonyl (C=O) groups excluding carboxylic acids is 1. The number of rotatable bonds is 6. The third-order valence-electron chi connectivity index (χ3n) is 6.27. The first kappa shape index (κ1) is 24.0. The Hall–Kier alpha value is -3.16. The molecule has 0 aromatic heterocycles. The molecule has 1 aliphatic rings. The van der Waals surface area contributed by atoms with E-state index >= 15 is 0 Å². The van der Waals surface area contributed by atoms with Crippen molar-refractivity contribution in [1.82, 2.24) is 9.80 Å². The number of anilines is 1. The number of aryl methyl sites for hydroxylation is 3. The second kappa shape index (κ2) is 9.99. The summed E-state index contributed by atoms with van der Waals surface area (Å²) < 4.78 is 29.1. The van der Waals surface area contributed by atoms with Gasteiger partial charge in [-0.05, 0) is 61.2 Å². The molecule has 1 heterocycles. The molecule has 0 atom stereocenters. The molecule has 3 aromatic carbocycles. The summed E-state index contributed by atoms with van der Waals surface area (Å²) in [7, 11) is -3.84. The van der Waals surface area contributed by atoms with Crippen LogP contribution in [0.5, 0.6) is 0 Å². The molecule has 6 nitrogen and oxygen atoms in total. The van der Waals surface area contributed by atoms with Gasteiger partial charge in [-0.15, -0.1) is 0 Å². The van der Waals surface area contributed by atoms with Gasteiger partial charge in [0.15, 0.2) is 0 Å². The Bertz CT molecular complexity index is 1280. The standard InChI is InChI=1S/C27H31N3O3S/c1-20-9-10-21(2)25(17-20)28-34(32,33)26-18-24(12-11-22(26)3)27(31)30-15-13-29(14-16-30)19-23-7-5-4-6-8-23/h4-12,17-18,28H,13-16,19H2,1-3H3. The van der Waals surface area contributed by atoms with Gasteiger partial charge in [0.25, 0.3) is 15.9 Å². The fourth-order valence-electron chi connectivity index (χ4n) is 4.20. The number of nitrogens with one attached hydrogen (secondary N) is 1. The fraction of sp³-hybridized carbons (Fsp3) is 0.296. The average molecular weight is 478 g/mol. The molecule has 0 saturated carbocycles. The van der Waals surface area contributed by atoms with Gasteiger partial charge in [-0.25, -0.2) is 8.42 Å². The minimum Gasteiger partial charge on any atom is -0.336 e. The van der Waals surface area contributed by atoms with Crippen LogP contribution in [0.2, 0.25) is 0 Å². The molecule has 0 spiro atoms. The van der Waals surface area contributed by atoms with Crippen LogP contribution >= 0.6 is 0 Å². The van der Waals surface area contributed by atoms with E-state index in [4.69, 9.17) is 0 Å². The Labute approximate surface area is 202 Å². The number of sulfonamides is 1. The molecule has 0 aliphatic carbocycles. The van der Waals surface area contributed by atoms with E-state index in [2.05, 4.69) is 21.8 Å². The molecule has 4 rings (SSSR count). The predicted molar refractivity (Wildman–Crippen MR) is 136 cm³/mol. The normalized spacial score (nSPS) is 14.7. The first-order valence-electron chi connectivity index (χ1n) is 11.5. The molecule has 0 bridgehead atoms. The zero-order valence-corrected chi connectivity index (χ0v) is 20.7. The van der Waals surface area contributed by atoms with Gasteiger partial charge < -0.3 is 4.90 Å². The lowest BCUT2D eigenvalue weighted by Gasteiger charge is -2.35. The van der Waals surface area contributed by atoms with Crippen LogP contribution in [-0.2, 0) is 16.6 Å². The number of piperazine rings is 1. The summed E-state index contributed by atoms with van der Waals surface area (Å²) >= 11 is 0. The molecule has 178 valence electrons. The smallest absolute Gasteiger partial charge is 0.262 e. The predicted octanol–water partition coefficient (Wildman–Crippen LogP) is 4.37. The van der Waals surface area contributed by atoms with Gasteiger partial charge >= 0.3 is 0 Å². The number of benzene rings is 3. The van der Waals surface area contributed by atoms with Crippen LogP contribution in [0.25, 0.3) is 0 Å². The quantitative estimate of drug-likeness (QED) is 0.572. The zero-order chi connectivity index (χ0) is 24.3. The first-order chi connectivity index (χ1) is 16.2. The van der Waals surface area contributed by atoms with Crippen LogP contribution in [0.3, 0.4) is 0 Å². The van der Waals surface area contributed by atoms with Gasteiger partial charge in [0.2, 0.25) is 0 Å². The molecule has 0 unspecified atom stereocenters. The lowest BCUT2D eigenvalue weighted by molar-refractivity contribution is 0.0628. The van der Waals surface area contributed by atoms with Crippen LogP contribution in [0, 0.1) is 20.8 Å². The zero-order valence-electron chi connectivity index (χ0n) is 19.9. The molecule has 1 N–H and O–H groups in total. The molecule has 7 heteroatoms. The summed E-state index contributed by atoms with van der Waals surface area (Å²) in [5.41, 5.74) is 4.60. The Morgan fingerprint density at radius 1 is 0.853 bits per heavy atom. The minimum atomic E-state index is -3.84. The Balaban J connectivity index is 1.47. The molecule has 3 aromatic rings. The molecule has 0 radical (unpaired) electrons. The Morgan fingerprint density at radius 2 is 1.53 bits per heavy atom. The Morgan fingerprint density at radius 3 is 2.24 bits per heavy atom. The van der Waals surface area contributed by atoms with E-state index in [1.165, 1.54) is 11.6 Å². The van der Waals surface area contributed by atoms with E-state index in [1.54, 1.807) is 24.0 Å². The van der Waals surface area contributed by atoms with E-state index in [9.17, 15) is 13.2 Å². The highest BCUT2D eigenvalue weighted by atomic mass is 32.2. The van der Waals surface area contributed by atoms with Gasteiger partial charge in [0.1, 0.15) is 0 Å². The maximum absolute atomic E-state index is 13.2. The van der Waals surface area contributed by atoms with Crippen molar-refractivity contribution in [2.24, 2.45) is 0 Å². The van der Waals surface area contributed by atoms with Gasteiger partial charge in [-0.2, -0.15) is 0 Å². The number of carbonyl (C=O) groups is 1. The van der Waals surface area contributed by atoms with Gasteiger partial charge in [0, 0.05) is 38.3 Å². The summed E-state index contributed by atoms with van der Waals surface area (Å²) in [5.74, 6) is -0.137. The number of hydrogen-bond acceptors (Lipinski definition) is 4. The lowest BCUT2D eigenvalue weighted by Crippen LogP contribution is -2.48. The van der Waals surface area contributed by atoms with Crippen LogP contribution in [0.15, 0.2) is 71.6 Å². The number of amides is 1. The molecular formula is C27H31N3O3S. The minimum absolute atomic E-state index is 0.127. The summed E-state index contributed by atoms with van der Waals surface area (Å²) in [4.78, 5) is 17.5. The largest absolute Gasteiger partial charge is 0.336 e. The molecule has 1 fully saturated rings. The number of hydrogen-bond donors (Lipinski definition) is 1. The summed E-state index contributed by atoms with van der Waals surface area (Å²) in [6.45, 7) is 9.18. The van der Waals surface area contributed by atoms with Gasteiger partial charge in [-0.1, -0.05) is 48.5 Å². The monoisotopic (exact) mass is 477 g/mol. The van der Waals surface area contributed by atoms with E-state index in [-0.39, 0.29) is 10.8 Å². The molecule has 1 saturated heterocycles. The highest BCUT2D eigenvalue weighted by Gasteiger charge is 2.25. The second-order valence-corrected chi connectivity index (χ2v) is 10.6. The van der Waals surface area contributed by atoms with Crippen molar-refractivity contribution in [3.63, 3.8) is 0 Å². The van der Waals surface area contributed by atoms with Crippen LogP contribution in [0.1, 0.15) is 32.6 Å². The van der Waals surface area contributed by atoms with Crippen molar-refractivity contribution in [2.75, 3.05) is 30.9 Å². The SMILES string of the molecule is Cc1ccc(C)c(NS(=O)(=O)c2cc(C(=O)N3CCN(Cc4ccccc4)CC3)ccc2C)c1. The van der Waals surface area contributed by atoms with Crippen LogP contribution in [0.4, 0.5) is 5.69 Å². The van der Waals surface area contributed by atoms with Gasteiger partial charge in [0.05, 0.1) is 10.6 Å². The Kier molecular flexibility index (Phi) is 7.05. The number of nitrogens with zero attached hydrogens (tertiary/aromatic N) is 2. The third kappa shape index (κ3) is 5.48. The highest BCUT2D eigenvalue weighted by molar-refractivity contribution is 7.92. The van der Waals surface area contributed by atoms with Crippen LogP contribution in [-0.4, -0.2) is 50.3 Å². The average Bonchev–Trinajstić information content (AvgIpc) is 2.82. The van der Waals surface area contributed by atoms with Crippen molar-refractivity contribution in [3.8, 4) is 0 Å². The van der Waals surface area contributed by atoms with Gasteiger partial charge in [-0.3, -0.25) is 14.4 Å². The lowest BCUT2D eigenvalue weighted by atomic mass is 10.1. The topological polar surface area (TPSA) is 69.7 Å². The molecular weight excluding hydrogens is 446 g/mol. The molecule has 34 heavy (non-hydrogen) atoms. The van der Waals surface area contributed by atoms with E-state index < -0.39 is 10.0 Å². The van der Waals surface area contributed by atoms with Crippen molar-refractivity contribution in [1.29, 1.82) is 0 Å². The van der Waals surface area contributed by atoms with Crippen molar-refractivity contribution in [3.05, 3.63) is 94.5 Å². The first-order valence-corrected chi connectivity index (χ1v) is 13.0. The summed E-state index contributed by atoms with van der Waals surface area (Å²) in [5, 5.41) is 0. The highest BCUT2D eigenvalue weighted by Crippen LogP contribution is 2.24. The maximum atomic E-state index is 13.2. The van der Waals surface area contributed by atoms with E-state index in [0.717, 1.165) is 30.8 Å². The van der Waals surface area contributed by atoms with Crippen molar-refractivity contribution < 1.29 is 13.2 Å². The fourth-order valence-corrected chi connectivity index (χ4v) is 5.59. The molecule has 1 aliphatic heterocycles. The van der Waals surface area contributed by atoms with E-state index in [0.29, 0.717) is 29.9 Å². The van der Waals surface area contributed by atoms with Crippen molar-refractivity contribution in [2.45, 2.75) is 32.2 Å². The van der Waals surface area contributed by atoms with Crippen LogP contribution < -0.4 is 4.72 Å². The van der Waals surface area contributed by atoms with E-state index in [1.807, 2.05) is 50.2 Å².